The van der Waals surface area contributed by atoms with Crippen molar-refractivity contribution in [2.45, 2.75) is 6.23 Å². The van der Waals surface area contributed by atoms with Crippen molar-refractivity contribution in [1.29, 1.82) is 5.26 Å². The molecule has 0 saturated carbocycles. The summed E-state index contributed by atoms with van der Waals surface area (Å²) in [5.41, 5.74) is 14.4. The average Bonchev–Trinajstić information content (AvgIpc) is 2.90. The summed E-state index contributed by atoms with van der Waals surface area (Å²) in [6.45, 7) is 0. The van der Waals surface area contributed by atoms with Crippen LogP contribution in [0.2, 0.25) is 0 Å². The van der Waals surface area contributed by atoms with Crippen molar-refractivity contribution in [1.82, 2.24) is 0 Å². The van der Waals surface area contributed by atoms with Crippen LogP contribution in [0.25, 0.3) is 5.57 Å². The number of nitrogen functional groups attached to an aromatic ring is 1. The highest BCUT2D eigenvalue weighted by Gasteiger charge is 2.27. The first-order chi connectivity index (χ1) is 9.20. The van der Waals surface area contributed by atoms with Crippen molar-refractivity contribution < 1.29 is 4.74 Å². The number of rotatable bonds is 1. The summed E-state index contributed by atoms with van der Waals surface area (Å²) < 4.78 is 5.57. The Balaban J connectivity index is 2.29. The second-order valence-corrected chi connectivity index (χ2v) is 5.12. The molecule has 1 aliphatic rings. The van der Waals surface area contributed by atoms with Crippen LogP contribution >= 0.6 is 11.3 Å². The molecule has 94 valence electrons. The van der Waals surface area contributed by atoms with E-state index in [0.717, 1.165) is 16.0 Å². The molecule has 1 unspecified atom stereocenters. The van der Waals surface area contributed by atoms with Crippen molar-refractivity contribution in [3.05, 3.63) is 51.7 Å². The molecule has 0 amide bonds. The Morgan fingerprint density at radius 2 is 2.16 bits per heavy atom. The lowest BCUT2D eigenvalue weighted by atomic mass is 9.94. The van der Waals surface area contributed by atoms with Crippen molar-refractivity contribution >= 4 is 22.6 Å². The Labute approximate surface area is 114 Å². The number of anilines is 1. The van der Waals surface area contributed by atoms with Crippen molar-refractivity contribution in [2.24, 2.45) is 5.73 Å². The zero-order chi connectivity index (χ0) is 13.4. The first-order valence-corrected chi connectivity index (χ1v) is 6.59. The first kappa shape index (κ1) is 11.8. The third kappa shape index (κ3) is 1.87. The van der Waals surface area contributed by atoms with Crippen LogP contribution < -0.4 is 16.2 Å². The molecule has 0 radical (unpaired) electrons. The molecular formula is C14H11N3OS. The van der Waals surface area contributed by atoms with Crippen LogP contribution in [-0.2, 0) is 0 Å². The van der Waals surface area contributed by atoms with E-state index < -0.39 is 6.23 Å². The fraction of sp³-hybridized carbons (Fsp3) is 0.0714. The van der Waals surface area contributed by atoms with Crippen LogP contribution in [-0.4, -0.2) is 6.23 Å². The smallest absolute Gasteiger partial charge is 0.184 e. The monoisotopic (exact) mass is 269 g/mol. The third-order valence-corrected chi connectivity index (χ3v) is 3.86. The summed E-state index contributed by atoms with van der Waals surface area (Å²) in [5.74, 6) is 0.620. The lowest BCUT2D eigenvalue weighted by molar-refractivity contribution is 0.245. The highest BCUT2D eigenvalue weighted by molar-refractivity contribution is 7.11. The number of thiophene rings is 1. The number of hydrogen-bond donors (Lipinski definition) is 2. The van der Waals surface area contributed by atoms with Gasteiger partial charge in [-0.05, 0) is 23.6 Å². The number of nitrogens with two attached hydrogens (primary N) is 2. The van der Waals surface area contributed by atoms with Crippen molar-refractivity contribution in [3.8, 4) is 11.8 Å². The highest BCUT2D eigenvalue weighted by atomic mass is 32.1. The van der Waals surface area contributed by atoms with Gasteiger partial charge in [0.1, 0.15) is 11.8 Å². The van der Waals surface area contributed by atoms with Gasteiger partial charge in [0.25, 0.3) is 0 Å². The van der Waals surface area contributed by atoms with E-state index in [1.165, 1.54) is 0 Å². The molecule has 4 nitrogen and oxygen atoms in total. The Hall–Kier alpha value is -2.29. The Morgan fingerprint density at radius 1 is 1.32 bits per heavy atom. The lowest BCUT2D eigenvalue weighted by Gasteiger charge is -2.25. The molecule has 0 spiro atoms. The number of nitriles is 1. The quantitative estimate of drug-likeness (QED) is 0.778. The predicted molar refractivity (Wildman–Crippen MR) is 75.4 cm³/mol. The van der Waals surface area contributed by atoms with Gasteiger partial charge < -0.3 is 10.5 Å². The minimum absolute atomic E-state index is 0.444. The minimum atomic E-state index is -0.753. The fourth-order valence-electron chi connectivity index (χ4n) is 2.13. The molecule has 0 aliphatic carbocycles. The van der Waals surface area contributed by atoms with Gasteiger partial charge in [0.05, 0.1) is 5.57 Å². The third-order valence-electron chi connectivity index (χ3n) is 2.97. The Morgan fingerprint density at radius 3 is 2.84 bits per heavy atom. The summed E-state index contributed by atoms with van der Waals surface area (Å²) >= 11 is 1.57. The van der Waals surface area contributed by atoms with Gasteiger partial charge in [0.2, 0.25) is 0 Å². The van der Waals surface area contributed by atoms with Crippen LogP contribution in [0.5, 0.6) is 5.75 Å². The maximum absolute atomic E-state index is 9.32. The molecule has 0 bridgehead atoms. The van der Waals surface area contributed by atoms with E-state index in [9.17, 15) is 5.26 Å². The topological polar surface area (TPSA) is 85.1 Å². The molecule has 2 aromatic rings. The second kappa shape index (κ2) is 4.43. The zero-order valence-electron chi connectivity index (χ0n) is 9.96. The van der Waals surface area contributed by atoms with Crippen LogP contribution in [0.3, 0.4) is 0 Å². The van der Waals surface area contributed by atoms with Gasteiger partial charge in [0.15, 0.2) is 6.23 Å². The Kier molecular flexibility index (Phi) is 2.75. The summed E-state index contributed by atoms with van der Waals surface area (Å²) in [7, 11) is 0. The van der Waals surface area contributed by atoms with Gasteiger partial charge >= 0.3 is 0 Å². The molecule has 1 aliphatic heterocycles. The molecule has 1 aromatic heterocycles. The first-order valence-electron chi connectivity index (χ1n) is 5.71. The molecule has 19 heavy (non-hydrogen) atoms. The molecule has 5 heteroatoms. The normalized spacial score (nSPS) is 17.6. The van der Waals surface area contributed by atoms with Gasteiger partial charge in [-0.3, -0.25) is 5.73 Å². The maximum atomic E-state index is 9.32. The van der Waals surface area contributed by atoms with Gasteiger partial charge in [-0.1, -0.05) is 6.07 Å². The molecule has 1 aromatic carbocycles. The van der Waals surface area contributed by atoms with Crippen molar-refractivity contribution in [3.63, 3.8) is 0 Å². The van der Waals surface area contributed by atoms with Crippen LogP contribution in [0.15, 0.2) is 41.3 Å². The zero-order valence-corrected chi connectivity index (χ0v) is 10.8. The molecular weight excluding hydrogens is 258 g/mol. The highest BCUT2D eigenvalue weighted by Crippen LogP contribution is 2.40. The second-order valence-electron chi connectivity index (χ2n) is 4.17. The van der Waals surface area contributed by atoms with Gasteiger partial charge in [-0.15, -0.1) is 11.3 Å². The van der Waals surface area contributed by atoms with Gasteiger partial charge in [-0.2, -0.15) is 5.26 Å². The summed E-state index contributed by atoms with van der Waals surface area (Å²) in [4.78, 5) is 1.00. The number of fused-ring (bicyclic) bond motifs is 1. The van der Waals surface area contributed by atoms with E-state index in [1.54, 1.807) is 23.5 Å². The average molecular weight is 269 g/mol. The van der Waals surface area contributed by atoms with Gasteiger partial charge in [0, 0.05) is 27.8 Å². The largest absolute Gasteiger partial charge is 0.470 e. The number of nitrogens with zero attached hydrogens (tertiary/aromatic N) is 1. The van der Waals surface area contributed by atoms with E-state index in [1.807, 2.05) is 23.6 Å². The number of hydrogen-bond acceptors (Lipinski definition) is 5. The van der Waals surface area contributed by atoms with Crippen LogP contribution in [0.1, 0.15) is 10.4 Å². The predicted octanol–water partition coefficient (Wildman–Crippen LogP) is 2.33. The van der Waals surface area contributed by atoms with E-state index in [-0.39, 0.29) is 0 Å². The summed E-state index contributed by atoms with van der Waals surface area (Å²) in [6, 6.07) is 11.5. The number of ether oxygens (including phenoxy) is 1. The van der Waals surface area contributed by atoms with E-state index in [0.29, 0.717) is 17.0 Å². The summed E-state index contributed by atoms with van der Waals surface area (Å²) in [6.07, 6.45) is -0.753. The van der Waals surface area contributed by atoms with Crippen LogP contribution in [0.4, 0.5) is 5.69 Å². The van der Waals surface area contributed by atoms with E-state index in [2.05, 4.69) is 6.07 Å². The molecule has 0 fully saturated rings. The summed E-state index contributed by atoms with van der Waals surface area (Å²) in [5, 5.41) is 11.3. The van der Waals surface area contributed by atoms with E-state index in [4.69, 9.17) is 16.2 Å². The van der Waals surface area contributed by atoms with Gasteiger partial charge in [-0.25, -0.2) is 0 Å². The number of benzene rings is 1. The minimum Gasteiger partial charge on any atom is -0.470 e. The van der Waals surface area contributed by atoms with E-state index >= 15 is 0 Å². The molecule has 2 heterocycles. The SMILES string of the molecule is N#CC1=C(c2cccs2)c2ccc(N)cc2OC1N. The van der Waals surface area contributed by atoms with Crippen LogP contribution in [0, 0.1) is 11.3 Å². The fourth-order valence-corrected chi connectivity index (χ4v) is 2.93. The Bertz CT molecular complexity index is 698. The maximum Gasteiger partial charge on any atom is 0.184 e. The lowest BCUT2D eigenvalue weighted by Crippen LogP contribution is -2.32. The standard InChI is InChI=1S/C14H11N3OS/c15-7-10-13(12-2-1-5-19-12)9-4-3-8(16)6-11(9)18-14(10)17/h1-6,14H,16-17H2. The molecule has 1 atom stereocenters. The molecule has 4 N–H and O–H groups in total. The molecule has 0 saturated heterocycles. The molecule has 3 rings (SSSR count). The van der Waals surface area contributed by atoms with Crippen molar-refractivity contribution in [2.75, 3.05) is 5.73 Å².